The summed E-state index contributed by atoms with van der Waals surface area (Å²) in [5.41, 5.74) is 3.71. The molecule has 2 aliphatic rings. The highest BCUT2D eigenvalue weighted by Crippen LogP contribution is 2.35. The fraction of sp³-hybridized carbons (Fsp3) is 0.577. The van der Waals surface area contributed by atoms with E-state index < -0.39 is 6.04 Å². The molecule has 1 saturated carbocycles. The summed E-state index contributed by atoms with van der Waals surface area (Å²) in [5.74, 6) is -0.249. The van der Waals surface area contributed by atoms with Crippen LogP contribution in [0.5, 0.6) is 0 Å². The lowest BCUT2D eigenvalue weighted by molar-refractivity contribution is -0.150. The van der Waals surface area contributed by atoms with Crippen molar-refractivity contribution in [3.63, 3.8) is 0 Å². The van der Waals surface area contributed by atoms with E-state index in [0.717, 1.165) is 30.7 Å². The number of carbonyl (C=O) groups is 2. The molecule has 8 nitrogen and oxygen atoms in total. The molecule has 2 amide bonds. The Morgan fingerprint density at radius 2 is 1.97 bits per heavy atom. The highest BCUT2D eigenvalue weighted by molar-refractivity contribution is 6.29. The molecule has 0 aliphatic heterocycles. The second kappa shape index (κ2) is 11.4. The summed E-state index contributed by atoms with van der Waals surface area (Å²) < 4.78 is 5.49. The van der Waals surface area contributed by atoms with E-state index in [1.165, 1.54) is 5.56 Å². The minimum absolute atomic E-state index is 0.0482. The molecule has 188 valence electrons. The average molecular weight is 500 g/mol. The van der Waals surface area contributed by atoms with E-state index >= 15 is 0 Å². The highest BCUT2D eigenvalue weighted by Gasteiger charge is 2.43. The van der Waals surface area contributed by atoms with Crippen LogP contribution in [0.15, 0.2) is 24.3 Å². The SMILES string of the molecule is COC1CC(N(C(=O)CCCc2ccc(Cl)nn2)C(C(=O)NC(C)C)c2ccc3c(n2)CCC3)C1. The van der Waals surface area contributed by atoms with Gasteiger partial charge in [-0.1, -0.05) is 17.7 Å². The van der Waals surface area contributed by atoms with Gasteiger partial charge >= 0.3 is 0 Å². The summed E-state index contributed by atoms with van der Waals surface area (Å²) in [4.78, 5) is 33.8. The first-order valence-electron chi connectivity index (χ1n) is 12.5. The van der Waals surface area contributed by atoms with Crippen molar-refractivity contribution in [3.05, 3.63) is 52.1 Å². The second-order valence-electron chi connectivity index (χ2n) is 9.75. The number of methoxy groups -OCH3 is 1. The number of amides is 2. The molecule has 1 unspecified atom stereocenters. The van der Waals surface area contributed by atoms with Gasteiger partial charge in [-0.15, -0.1) is 5.10 Å². The van der Waals surface area contributed by atoms with Crippen LogP contribution >= 0.6 is 11.6 Å². The van der Waals surface area contributed by atoms with Gasteiger partial charge in [-0.3, -0.25) is 14.6 Å². The summed E-state index contributed by atoms with van der Waals surface area (Å²) in [5, 5.41) is 11.3. The summed E-state index contributed by atoms with van der Waals surface area (Å²) in [6, 6.07) is 6.62. The fourth-order valence-electron chi connectivity index (χ4n) is 4.90. The number of nitrogens with one attached hydrogen (secondary N) is 1. The van der Waals surface area contributed by atoms with Crippen LogP contribution in [-0.4, -0.2) is 57.2 Å². The fourth-order valence-corrected chi connectivity index (χ4v) is 5.00. The minimum Gasteiger partial charge on any atom is -0.381 e. The van der Waals surface area contributed by atoms with Gasteiger partial charge in [0.2, 0.25) is 11.8 Å². The van der Waals surface area contributed by atoms with Gasteiger partial charge in [-0.25, -0.2) is 0 Å². The van der Waals surface area contributed by atoms with Crippen molar-refractivity contribution >= 4 is 23.4 Å². The molecule has 0 saturated heterocycles. The van der Waals surface area contributed by atoms with Crippen molar-refractivity contribution in [2.75, 3.05) is 7.11 Å². The number of rotatable bonds is 10. The molecule has 0 radical (unpaired) electrons. The molecule has 2 aromatic heterocycles. The van der Waals surface area contributed by atoms with Crippen LogP contribution < -0.4 is 5.32 Å². The van der Waals surface area contributed by atoms with Gasteiger partial charge in [0, 0.05) is 31.3 Å². The Labute approximate surface area is 211 Å². The maximum absolute atomic E-state index is 13.7. The quantitative estimate of drug-likeness (QED) is 0.536. The molecule has 2 aliphatic carbocycles. The molecule has 2 aromatic rings. The molecule has 1 N–H and O–H groups in total. The van der Waals surface area contributed by atoms with E-state index in [9.17, 15) is 9.59 Å². The number of hydrogen-bond donors (Lipinski definition) is 1. The Balaban J connectivity index is 1.58. The first-order valence-corrected chi connectivity index (χ1v) is 12.8. The molecule has 0 bridgehead atoms. The largest absolute Gasteiger partial charge is 0.381 e. The van der Waals surface area contributed by atoms with Crippen molar-refractivity contribution < 1.29 is 14.3 Å². The van der Waals surface area contributed by atoms with Gasteiger partial charge < -0.3 is 15.0 Å². The molecule has 9 heteroatoms. The number of fused-ring (bicyclic) bond motifs is 1. The Kier molecular flexibility index (Phi) is 8.34. The number of ether oxygens (including phenoxy) is 1. The molecule has 0 spiro atoms. The summed E-state index contributed by atoms with van der Waals surface area (Å²) in [6.07, 6.45) is 6.02. The van der Waals surface area contributed by atoms with E-state index in [4.69, 9.17) is 21.3 Å². The predicted molar refractivity (Wildman–Crippen MR) is 133 cm³/mol. The Morgan fingerprint density at radius 1 is 1.17 bits per heavy atom. The van der Waals surface area contributed by atoms with Crippen LogP contribution in [0.25, 0.3) is 0 Å². The van der Waals surface area contributed by atoms with E-state index in [1.807, 2.05) is 26.0 Å². The molecule has 2 heterocycles. The zero-order valence-electron chi connectivity index (χ0n) is 20.7. The summed E-state index contributed by atoms with van der Waals surface area (Å²) >= 11 is 5.82. The Morgan fingerprint density at radius 3 is 2.66 bits per heavy atom. The zero-order valence-corrected chi connectivity index (χ0v) is 21.4. The zero-order chi connectivity index (χ0) is 24.9. The van der Waals surface area contributed by atoms with Gasteiger partial charge in [0.15, 0.2) is 11.2 Å². The third-order valence-electron chi connectivity index (χ3n) is 6.78. The maximum Gasteiger partial charge on any atom is 0.249 e. The van der Waals surface area contributed by atoms with Crippen molar-refractivity contribution in [1.82, 2.24) is 25.4 Å². The van der Waals surface area contributed by atoms with Crippen molar-refractivity contribution in [1.29, 1.82) is 0 Å². The van der Waals surface area contributed by atoms with E-state index in [1.54, 1.807) is 18.1 Å². The van der Waals surface area contributed by atoms with Gasteiger partial charge in [-0.05, 0) is 82.6 Å². The maximum atomic E-state index is 13.7. The number of nitrogens with zero attached hydrogens (tertiary/aromatic N) is 4. The smallest absolute Gasteiger partial charge is 0.249 e. The number of hydrogen-bond acceptors (Lipinski definition) is 6. The van der Waals surface area contributed by atoms with Crippen molar-refractivity contribution in [2.24, 2.45) is 0 Å². The lowest BCUT2D eigenvalue weighted by Crippen LogP contribution is -2.55. The molecular weight excluding hydrogens is 466 g/mol. The molecule has 1 fully saturated rings. The third kappa shape index (κ3) is 6.16. The monoisotopic (exact) mass is 499 g/mol. The van der Waals surface area contributed by atoms with Gasteiger partial charge in [0.1, 0.15) is 0 Å². The number of halogens is 1. The van der Waals surface area contributed by atoms with Gasteiger partial charge in [-0.2, -0.15) is 5.10 Å². The Bertz CT molecular complexity index is 1040. The molecule has 4 rings (SSSR count). The second-order valence-corrected chi connectivity index (χ2v) is 10.1. The lowest BCUT2D eigenvalue weighted by Gasteiger charge is -2.45. The van der Waals surface area contributed by atoms with Crippen LogP contribution in [-0.2, 0) is 33.6 Å². The number of aryl methyl sites for hydroxylation is 3. The lowest BCUT2D eigenvalue weighted by atomic mass is 9.85. The summed E-state index contributed by atoms with van der Waals surface area (Å²) in [7, 11) is 1.69. The van der Waals surface area contributed by atoms with Gasteiger partial charge in [0.25, 0.3) is 0 Å². The number of carbonyl (C=O) groups excluding carboxylic acids is 2. The predicted octanol–water partition coefficient (Wildman–Crippen LogP) is 3.61. The standard InChI is InChI=1S/C26H34ClN5O3/c1-16(2)28-26(34)25(22-12-10-17-6-4-8-21(17)29-22)32(19-14-20(15-19)35-3)24(33)9-5-7-18-11-13-23(27)31-30-18/h10-13,16,19-20,25H,4-9,14-15H2,1-3H3,(H,28,34). The van der Waals surface area contributed by atoms with Crippen molar-refractivity contribution in [3.8, 4) is 0 Å². The first-order chi connectivity index (χ1) is 16.9. The number of aromatic nitrogens is 3. The van der Waals surface area contributed by atoms with Crippen LogP contribution in [0.4, 0.5) is 0 Å². The molecule has 35 heavy (non-hydrogen) atoms. The molecular formula is C26H34ClN5O3. The molecule has 1 atom stereocenters. The first kappa shape index (κ1) is 25.5. The third-order valence-corrected chi connectivity index (χ3v) is 6.98. The minimum atomic E-state index is -0.770. The van der Waals surface area contributed by atoms with Crippen LogP contribution in [0.3, 0.4) is 0 Å². The van der Waals surface area contributed by atoms with Crippen molar-refractivity contribution in [2.45, 2.75) is 89.4 Å². The van der Waals surface area contributed by atoms with Gasteiger partial charge in [0.05, 0.1) is 17.5 Å². The van der Waals surface area contributed by atoms with E-state index in [-0.39, 0.29) is 30.0 Å². The molecule has 0 aromatic carbocycles. The van der Waals surface area contributed by atoms with Crippen LogP contribution in [0.2, 0.25) is 5.15 Å². The topological polar surface area (TPSA) is 97.3 Å². The average Bonchev–Trinajstić information content (AvgIpc) is 3.26. The normalized spacial score (nSPS) is 19.7. The van der Waals surface area contributed by atoms with E-state index in [0.29, 0.717) is 43.0 Å². The highest BCUT2D eigenvalue weighted by atomic mass is 35.5. The summed E-state index contributed by atoms with van der Waals surface area (Å²) in [6.45, 7) is 3.85. The number of pyridine rings is 1. The van der Waals surface area contributed by atoms with E-state index in [2.05, 4.69) is 21.6 Å². The van der Waals surface area contributed by atoms with Crippen LogP contribution in [0.1, 0.15) is 74.6 Å². The van der Waals surface area contributed by atoms with Crippen LogP contribution in [0, 0.1) is 0 Å². The Hall–Kier alpha value is -2.58.